The summed E-state index contributed by atoms with van der Waals surface area (Å²) in [4.78, 5) is 22.6. The number of aliphatic imine (C=N–C) groups is 1. The van der Waals surface area contributed by atoms with Gasteiger partial charge >= 0.3 is 0 Å². The zero-order valence-corrected chi connectivity index (χ0v) is 34.2. The average Bonchev–Trinajstić information content (AvgIpc) is 4.00. The summed E-state index contributed by atoms with van der Waals surface area (Å²) in [6, 6.07) is 29.2. The number of aromatic nitrogens is 7. The number of isothiocyanates is 1. The van der Waals surface area contributed by atoms with Crippen LogP contribution in [0, 0.1) is 0 Å². The third-order valence-electron chi connectivity index (χ3n) is 9.77. The average molecular weight is 826 g/mol. The number of nitrogens with one attached hydrogen (secondary N) is 2. The highest BCUT2D eigenvalue weighted by atomic mass is 35.5. The summed E-state index contributed by atoms with van der Waals surface area (Å²) in [6.45, 7) is 0. The molecule has 0 radical (unpaired) electrons. The lowest BCUT2D eigenvalue weighted by molar-refractivity contribution is -0.671. The number of H-pyrrole nitrogens is 2. The predicted molar refractivity (Wildman–Crippen MR) is 219 cm³/mol. The first-order valence-electron chi connectivity index (χ1n) is 17.6. The number of nitrogens with zero attached hydrogens (tertiary/aromatic N) is 6. The second kappa shape index (κ2) is 17.0. The Balaban J connectivity index is 0.00000183. The molecule has 2 aliphatic heterocycles. The Kier molecular flexibility index (Phi) is 12.1. The molecule has 0 saturated heterocycles. The first kappa shape index (κ1) is 40.6. The lowest BCUT2D eigenvalue weighted by Crippen LogP contribution is -3.00. The van der Waals surface area contributed by atoms with Crippen LogP contribution in [0.25, 0.3) is 90.9 Å². The van der Waals surface area contributed by atoms with Crippen LogP contribution in [0.5, 0.6) is 0 Å². The smallest absolute Gasteiger partial charge is 0.176 e. The topological polar surface area (TPSA) is 81.4 Å². The first-order valence-corrected chi connectivity index (χ1v) is 18.0. The molecule has 1 aromatic carbocycles. The van der Waals surface area contributed by atoms with E-state index in [4.69, 9.17) is 22.2 Å². The second-order valence-electron chi connectivity index (χ2n) is 13.5. The molecule has 8 heterocycles. The van der Waals surface area contributed by atoms with E-state index in [1.165, 1.54) is 0 Å². The Bertz CT molecular complexity index is 2900. The van der Waals surface area contributed by atoms with Gasteiger partial charge in [-0.05, 0) is 96.7 Å². The number of benzene rings is 1. The summed E-state index contributed by atoms with van der Waals surface area (Å²) >= 11 is 4.88. The summed E-state index contributed by atoms with van der Waals surface area (Å²) in [5.74, 6) is 0. The van der Waals surface area contributed by atoms with E-state index in [-0.39, 0.29) is 37.2 Å². The number of fused-ring (bicyclic) bond motifs is 8. The largest absolute Gasteiger partial charge is 1.00 e. The number of rotatable bonds is 5. The number of pyridine rings is 3. The molecule has 2 N–H and O–H groups in total. The van der Waals surface area contributed by atoms with Crippen LogP contribution in [-0.4, -0.2) is 25.1 Å². The Morgan fingerprint density at radius 2 is 0.807 bits per heavy atom. The summed E-state index contributed by atoms with van der Waals surface area (Å²) in [5, 5.41) is 2.48. The van der Waals surface area contributed by atoms with Gasteiger partial charge in [-0.2, -0.15) is 4.99 Å². The SMILES string of the molecule is C[n+]1cccc(-c2c3nc(c(-c4ccc[n+](C)c4)c4ccc([nH]4)c(-c4ccc[n+](C)c4)c4nc(c(-c5ccc(N=C=S)cc5)c5ccc2[nH]5)C=C4)C=C3)c1.[Cl-].[Cl-].[Cl-]. The van der Waals surface area contributed by atoms with Crippen molar-refractivity contribution in [3.8, 4) is 44.5 Å². The Morgan fingerprint density at radius 3 is 1.12 bits per heavy atom. The van der Waals surface area contributed by atoms with Crippen LogP contribution in [-0.2, 0) is 21.1 Å². The van der Waals surface area contributed by atoms with Gasteiger partial charge in [0, 0.05) is 79.2 Å². The van der Waals surface area contributed by atoms with Gasteiger partial charge in [-0.25, -0.2) is 23.7 Å². The maximum Gasteiger partial charge on any atom is 0.176 e. The van der Waals surface area contributed by atoms with Gasteiger partial charge in [0.15, 0.2) is 37.2 Å². The Hall–Kier alpha value is -6.06. The number of hydrogen-bond donors (Lipinski definition) is 2. The molecule has 12 heteroatoms. The van der Waals surface area contributed by atoms with Gasteiger partial charge in [-0.3, -0.25) is 0 Å². The van der Waals surface area contributed by atoms with E-state index >= 15 is 0 Å². The fourth-order valence-corrected chi connectivity index (χ4v) is 7.49. The number of halogens is 3. The molecular formula is C45H35Cl3N8S. The van der Waals surface area contributed by atoms with Crippen molar-refractivity contribution < 1.29 is 50.9 Å². The van der Waals surface area contributed by atoms with Crippen molar-refractivity contribution in [2.24, 2.45) is 26.1 Å². The van der Waals surface area contributed by atoms with Crippen molar-refractivity contribution in [2.45, 2.75) is 0 Å². The number of thiocarbonyl (C=S) groups is 1. The third kappa shape index (κ3) is 7.85. The van der Waals surface area contributed by atoms with Crippen molar-refractivity contribution in [1.82, 2.24) is 19.9 Å². The highest BCUT2D eigenvalue weighted by Gasteiger charge is 2.20. The van der Waals surface area contributed by atoms with E-state index in [0.29, 0.717) is 0 Å². The van der Waals surface area contributed by atoms with Crippen LogP contribution >= 0.6 is 12.2 Å². The van der Waals surface area contributed by atoms with E-state index in [1.54, 1.807) is 0 Å². The Morgan fingerprint density at radius 1 is 0.474 bits per heavy atom. The normalized spacial score (nSPS) is 11.2. The molecule has 0 unspecified atom stereocenters. The van der Waals surface area contributed by atoms with Crippen LogP contribution in [0.1, 0.15) is 22.8 Å². The van der Waals surface area contributed by atoms with E-state index in [2.05, 4.69) is 150 Å². The molecule has 8 bridgehead atoms. The predicted octanol–water partition coefficient (Wildman–Crippen LogP) is -0.457. The lowest BCUT2D eigenvalue weighted by atomic mass is 10.0. The Labute approximate surface area is 353 Å². The maximum atomic E-state index is 5.40. The molecular weight excluding hydrogens is 791 g/mol. The molecule has 282 valence electrons. The van der Waals surface area contributed by atoms with E-state index in [0.717, 1.165) is 95.0 Å². The van der Waals surface area contributed by atoms with Crippen molar-refractivity contribution in [3.63, 3.8) is 0 Å². The van der Waals surface area contributed by atoms with Crippen LogP contribution in [0.3, 0.4) is 0 Å². The van der Waals surface area contributed by atoms with Crippen molar-refractivity contribution in [3.05, 3.63) is 145 Å². The van der Waals surface area contributed by atoms with Gasteiger partial charge in [0.2, 0.25) is 0 Å². The molecule has 0 saturated carbocycles. The summed E-state index contributed by atoms with van der Waals surface area (Å²) in [7, 11) is 6.12. The van der Waals surface area contributed by atoms with Crippen molar-refractivity contribution >= 4 is 69.4 Å². The summed E-state index contributed by atoms with van der Waals surface area (Å²) in [6.07, 6.45) is 21.0. The minimum absolute atomic E-state index is 0. The van der Waals surface area contributed by atoms with E-state index in [1.807, 2.05) is 51.9 Å². The summed E-state index contributed by atoms with van der Waals surface area (Å²) < 4.78 is 6.20. The van der Waals surface area contributed by atoms with Gasteiger partial charge in [-0.15, -0.1) is 0 Å². The van der Waals surface area contributed by atoms with Crippen molar-refractivity contribution in [1.29, 1.82) is 0 Å². The molecule has 0 spiro atoms. The zero-order chi connectivity index (χ0) is 36.8. The highest BCUT2D eigenvalue weighted by molar-refractivity contribution is 7.78. The molecule has 6 aromatic heterocycles. The number of aryl methyl sites for hydroxylation is 3. The molecule has 0 atom stereocenters. The van der Waals surface area contributed by atoms with E-state index < -0.39 is 0 Å². The van der Waals surface area contributed by atoms with Crippen LogP contribution < -0.4 is 50.9 Å². The van der Waals surface area contributed by atoms with Gasteiger partial charge in [0.25, 0.3) is 0 Å². The standard InChI is InChI=1S/C45H35N8S.3ClH/c1-51-22-4-7-30(25-51)43-36-16-14-34(47-36)42(29-10-12-33(13-11-29)46-28-54)35-15-17-37(48-35)44(31-8-5-23-52(2)26-31)39-19-21-41(50-39)45(40-20-18-38(43)49-40)32-9-6-24-53(3)27-32;;;/h4-27,47,50H,1-3H3;3*1H/q+3;;;/p-3. The number of aromatic amines is 2. The fourth-order valence-electron chi connectivity index (χ4n) is 7.38. The van der Waals surface area contributed by atoms with Crippen LogP contribution in [0.2, 0.25) is 0 Å². The van der Waals surface area contributed by atoms with E-state index in [9.17, 15) is 0 Å². The molecule has 0 amide bonds. The van der Waals surface area contributed by atoms with Crippen LogP contribution in [0.4, 0.5) is 5.69 Å². The monoisotopic (exact) mass is 824 g/mol. The summed E-state index contributed by atoms with van der Waals surface area (Å²) in [5.41, 5.74) is 16.0. The van der Waals surface area contributed by atoms with Gasteiger partial charge < -0.3 is 47.2 Å². The lowest BCUT2D eigenvalue weighted by Gasteiger charge is -2.06. The third-order valence-corrected chi connectivity index (χ3v) is 9.86. The fraction of sp³-hybridized carbons (Fsp3) is 0.0667. The molecule has 7 aromatic rings. The molecule has 0 fully saturated rings. The minimum atomic E-state index is 0. The van der Waals surface area contributed by atoms with Gasteiger partial charge in [0.1, 0.15) is 21.1 Å². The quantitative estimate of drug-likeness (QED) is 0.140. The molecule has 8 nitrogen and oxygen atoms in total. The molecule has 2 aliphatic rings. The highest BCUT2D eigenvalue weighted by Crippen LogP contribution is 2.38. The van der Waals surface area contributed by atoms with Crippen LogP contribution in [0.15, 0.2) is 127 Å². The molecule has 9 rings (SSSR count). The second-order valence-corrected chi connectivity index (χ2v) is 13.7. The number of hydrogen-bond acceptors (Lipinski definition) is 4. The van der Waals surface area contributed by atoms with Gasteiger partial charge in [-0.1, -0.05) is 12.1 Å². The minimum Gasteiger partial charge on any atom is -1.00 e. The van der Waals surface area contributed by atoms with Gasteiger partial charge in [0.05, 0.1) is 33.6 Å². The zero-order valence-electron chi connectivity index (χ0n) is 31.1. The molecule has 57 heavy (non-hydrogen) atoms. The molecule has 0 aliphatic carbocycles. The maximum absolute atomic E-state index is 5.40. The first-order chi connectivity index (χ1) is 26.4. The van der Waals surface area contributed by atoms with Crippen molar-refractivity contribution in [2.75, 3.05) is 0 Å².